The van der Waals surface area contributed by atoms with Crippen molar-refractivity contribution >= 4 is 17.4 Å². The van der Waals surface area contributed by atoms with E-state index in [4.69, 9.17) is 27.5 Å². The molecule has 21 heavy (non-hydrogen) atoms. The van der Waals surface area contributed by atoms with Crippen LogP contribution < -0.4 is 10.5 Å². The summed E-state index contributed by atoms with van der Waals surface area (Å²) in [6.07, 6.45) is 0. The van der Waals surface area contributed by atoms with Gasteiger partial charge in [-0.25, -0.2) is 0 Å². The maximum absolute atomic E-state index is 7.40. The number of ether oxygens (including phenoxy) is 1. The van der Waals surface area contributed by atoms with E-state index in [9.17, 15) is 0 Å². The second-order valence-corrected chi connectivity index (χ2v) is 5.64. The predicted octanol–water partition coefficient (Wildman–Crippen LogP) is 4.13. The fourth-order valence-electron chi connectivity index (χ4n) is 2.38. The van der Waals surface area contributed by atoms with Crippen LogP contribution in [0.4, 0.5) is 0 Å². The Balaban J connectivity index is 2.19. The summed E-state index contributed by atoms with van der Waals surface area (Å²) >= 11 is 6.21. The molecule has 4 heteroatoms. The fraction of sp³-hybridized carbons (Fsp3) is 0.235. The lowest BCUT2D eigenvalue weighted by Crippen LogP contribution is -2.11. The first-order chi connectivity index (χ1) is 9.88. The van der Waals surface area contributed by atoms with Crippen molar-refractivity contribution in [1.82, 2.24) is 0 Å². The monoisotopic (exact) mass is 302 g/mol. The molecular weight excluding hydrogens is 284 g/mol. The van der Waals surface area contributed by atoms with Crippen LogP contribution >= 0.6 is 11.6 Å². The van der Waals surface area contributed by atoms with E-state index in [0.29, 0.717) is 17.2 Å². The van der Waals surface area contributed by atoms with Gasteiger partial charge in [0.05, 0.1) is 0 Å². The van der Waals surface area contributed by atoms with Gasteiger partial charge < -0.3 is 10.5 Å². The highest BCUT2D eigenvalue weighted by molar-refractivity contribution is 6.31. The minimum absolute atomic E-state index is 0.00888. The number of hydrogen-bond acceptors (Lipinski definition) is 2. The maximum Gasteiger partial charge on any atom is 0.125 e. The zero-order valence-corrected chi connectivity index (χ0v) is 13.2. The lowest BCUT2D eigenvalue weighted by molar-refractivity contribution is 0.302. The Kier molecular flexibility index (Phi) is 4.53. The molecule has 0 amide bonds. The van der Waals surface area contributed by atoms with Crippen LogP contribution in [0, 0.1) is 26.2 Å². The number of halogens is 1. The van der Waals surface area contributed by atoms with Crippen molar-refractivity contribution in [3.05, 3.63) is 63.2 Å². The molecule has 3 N–H and O–H groups in total. The van der Waals surface area contributed by atoms with Gasteiger partial charge in [0.2, 0.25) is 0 Å². The Morgan fingerprint density at radius 2 is 1.76 bits per heavy atom. The number of nitrogen functional groups attached to an aromatic ring is 1. The molecule has 3 nitrogen and oxygen atoms in total. The average molecular weight is 303 g/mol. The van der Waals surface area contributed by atoms with E-state index >= 15 is 0 Å². The van der Waals surface area contributed by atoms with Gasteiger partial charge in [-0.1, -0.05) is 41.4 Å². The molecule has 0 saturated carbocycles. The standard InChI is InChI=1S/C17H19ClN2O/c1-10-6-11(2)16(12(3)7-10)21-9-14-5-4-13(17(19)20)8-15(14)18/h4-8H,9H2,1-3H3,(H3,19,20). The van der Waals surface area contributed by atoms with E-state index in [2.05, 4.69) is 19.1 Å². The molecule has 0 spiro atoms. The largest absolute Gasteiger partial charge is 0.488 e. The number of nitrogens with two attached hydrogens (primary N) is 1. The number of aryl methyl sites for hydroxylation is 3. The van der Waals surface area contributed by atoms with Gasteiger partial charge in [0.1, 0.15) is 18.2 Å². The summed E-state index contributed by atoms with van der Waals surface area (Å²) in [5.74, 6) is 0.905. The number of hydrogen-bond donors (Lipinski definition) is 2. The van der Waals surface area contributed by atoms with Gasteiger partial charge >= 0.3 is 0 Å². The zero-order chi connectivity index (χ0) is 15.6. The van der Waals surface area contributed by atoms with E-state index in [1.54, 1.807) is 12.1 Å². The van der Waals surface area contributed by atoms with Gasteiger partial charge in [-0.05, 0) is 38.0 Å². The summed E-state index contributed by atoms with van der Waals surface area (Å²) in [5.41, 5.74) is 10.4. The third-order valence-electron chi connectivity index (χ3n) is 3.34. The first kappa shape index (κ1) is 15.4. The molecule has 0 fully saturated rings. The SMILES string of the molecule is Cc1cc(C)c(OCc2ccc(C(=N)N)cc2Cl)c(C)c1. The zero-order valence-electron chi connectivity index (χ0n) is 12.5. The van der Waals surface area contributed by atoms with Gasteiger partial charge in [0.25, 0.3) is 0 Å². The fourth-order valence-corrected chi connectivity index (χ4v) is 2.61. The predicted molar refractivity (Wildman–Crippen MR) is 87.5 cm³/mol. The topological polar surface area (TPSA) is 59.1 Å². The van der Waals surface area contributed by atoms with Gasteiger partial charge in [-0.15, -0.1) is 0 Å². The lowest BCUT2D eigenvalue weighted by atomic mass is 10.1. The second kappa shape index (κ2) is 6.19. The molecule has 2 rings (SSSR count). The average Bonchev–Trinajstić information content (AvgIpc) is 2.38. The number of benzene rings is 2. The highest BCUT2D eigenvalue weighted by atomic mass is 35.5. The van der Waals surface area contributed by atoms with Gasteiger partial charge in [0.15, 0.2) is 0 Å². The first-order valence-electron chi connectivity index (χ1n) is 6.72. The molecule has 110 valence electrons. The van der Waals surface area contributed by atoms with Crippen LogP contribution in [0.25, 0.3) is 0 Å². The third kappa shape index (κ3) is 3.56. The Bertz CT molecular complexity index is 672. The Labute approximate surface area is 130 Å². The van der Waals surface area contributed by atoms with E-state index in [1.807, 2.05) is 19.9 Å². The first-order valence-corrected chi connectivity index (χ1v) is 7.09. The van der Waals surface area contributed by atoms with Crippen molar-refractivity contribution in [2.24, 2.45) is 5.73 Å². The van der Waals surface area contributed by atoms with Crippen molar-refractivity contribution in [2.75, 3.05) is 0 Å². The molecule has 0 aliphatic rings. The molecular formula is C17H19ClN2O. The molecule has 2 aromatic carbocycles. The summed E-state index contributed by atoms with van der Waals surface area (Å²) in [6.45, 7) is 6.54. The molecule has 0 atom stereocenters. The van der Waals surface area contributed by atoms with Crippen molar-refractivity contribution < 1.29 is 4.74 Å². The van der Waals surface area contributed by atoms with Crippen LogP contribution in [0.2, 0.25) is 5.02 Å². The van der Waals surface area contributed by atoms with Gasteiger partial charge in [-0.3, -0.25) is 5.41 Å². The molecule has 0 unspecified atom stereocenters. The van der Waals surface area contributed by atoms with E-state index in [-0.39, 0.29) is 5.84 Å². The Morgan fingerprint density at radius 3 is 2.29 bits per heavy atom. The Hall–Kier alpha value is -2.00. The van der Waals surface area contributed by atoms with Crippen LogP contribution in [-0.2, 0) is 6.61 Å². The normalized spacial score (nSPS) is 10.5. The van der Waals surface area contributed by atoms with Crippen molar-refractivity contribution in [3.8, 4) is 5.75 Å². The molecule has 2 aromatic rings. The van der Waals surface area contributed by atoms with Crippen molar-refractivity contribution in [1.29, 1.82) is 5.41 Å². The number of rotatable bonds is 4. The Morgan fingerprint density at radius 1 is 1.14 bits per heavy atom. The second-order valence-electron chi connectivity index (χ2n) is 5.24. The minimum Gasteiger partial charge on any atom is -0.488 e. The molecule has 0 heterocycles. The highest BCUT2D eigenvalue weighted by Gasteiger charge is 2.08. The highest BCUT2D eigenvalue weighted by Crippen LogP contribution is 2.27. The minimum atomic E-state index is 0.00888. The van der Waals surface area contributed by atoms with Gasteiger partial charge in [0, 0.05) is 16.1 Å². The summed E-state index contributed by atoms with van der Waals surface area (Å²) in [6, 6.07) is 9.52. The van der Waals surface area contributed by atoms with E-state index in [1.165, 1.54) is 5.56 Å². The summed E-state index contributed by atoms with van der Waals surface area (Å²) in [7, 11) is 0. The number of amidine groups is 1. The summed E-state index contributed by atoms with van der Waals surface area (Å²) in [4.78, 5) is 0. The van der Waals surface area contributed by atoms with Crippen molar-refractivity contribution in [3.63, 3.8) is 0 Å². The third-order valence-corrected chi connectivity index (χ3v) is 3.69. The van der Waals surface area contributed by atoms with Gasteiger partial charge in [-0.2, -0.15) is 0 Å². The van der Waals surface area contributed by atoms with Crippen LogP contribution in [0.15, 0.2) is 30.3 Å². The summed E-state index contributed by atoms with van der Waals surface area (Å²) < 4.78 is 5.92. The lowest BCUT2D eigenvalue weighted by Gasteiger charge is -2.14. The van der Waals surface area contributed by atoms with Crippen LogP contribution in [0.1, 0.15) is 27.8 Å². The van der Waals surface area contributed by atoms with E-state index < -0.39 is 0 Å². The smallest absolute Gasteiger partial charge is 0.125 e. The quantitative estimate of drug-likeness (QED) is 0.659. The maximum atomic E-state index is 7.40. The molecule has 0 aromatic heterocycles. The van der Waals surface area contributed by atoms with Crippen LogP contribution in [-0.4, -0.2) is 5.84 Å². The summed E-state index contributed by atoms with van der Waals surface area (Å²) in [5, 5.41) is 7.96. The number of nitrogens with one attached hydrogen (secondary N) is 1. The van der Waals surface area contributed by atoms with Crippen LogP contribution in [0.3, 0.4) is 0 Å². The molecule has 0 aliphatic heterocycles. The molecule has 0 radical (unpaired) electrons. The molecule has 0 bridgehead atoms. The molecule has 0 saturated heterocycles. The van der Waals surface area contributed by atoms with Crippen molar-refractivity contribution in [2.45, 2.75) is 27.4 Å². The van der Waals surface area contributed by atoms with E-state index in [0.717, 1.165) is 22.4 Å². The van der Waals surface area contributed by atoms with Crippen LogP contribution in [0.5, 0.6) is 5.75 Å². The molecule has 0 aliphatic carbocycles.